The minimum atomic E-state index is -3.84. The van der Waals surface area contributed by atoms with Crippen molar-refractivity contribution in [3.8, 4) is 0 Å². The summed E-state index contributed by atoms with van der Waals surface area (Å²) in [4.78, 5) is 31.9. The Bertz CT molecular complexity index is 1030. The van der Waals surface area contributed by atoms with Gasteiger partial charge in [-0.05, 0) is 75.4 Å². The number of nitrogens with zero attached hydrogens (tertiary/aromatic N) is 3. The number of carbonyl (C=O) groups excluding carboxylic acids is 2. The predicted octanol–water partition coefficient (Wildman–Crippen LogP) is 2.31. The summed E-state index contributed by atoms with van der Waals surface area (Å²) in [5, 5.41) is 1.56. The predicted molar refractivity (Wildman–Crippen MR) is 133 cm³/mol. The van der Waals surface area contributed by atoms with E-state index in [1.54, 1.807) is 24.3 Å². The number of carbonyl (C=O) groups is 2. The Kier molecular flexibility index (Phi) is 8.29. The van der Waals surface area contributed by atoms with Gasteiger partial charge < -0.3 is 14.7 Å². The average Bonchev–Trinajstić information content (AvgIpc) is 3.48. The summed E-state index contributed by atoms with van der Waals surface area (Å²) in [7, 11) is -3.84. The highest BCUT2D eigenvalue weighted by atomic mass is 35.5. The first-order chi connectivity index (χ1) is 16.3. The summed E-state index contributed by atoms with van der Waals surface area (Å²) in [6.07, 6.45) is 6.91. The summed E-state index contributed by atoms with van der Waals surface area (Å²) in [6.45, 7) is 4.29. The number of nitrogens with one attached hydrogen (secondary N) is 1. The highest BCUT2D eigenvalue weighted by molar-refractivity contribution is 7.92. The minimum absolute atomic E-state index is 0.00587. The Morgan fingerprint density at radius 2 is 1.85 bits per heavy atom. The molecule has 4 rings (SSSR count). The topological polar surface area (TPSA) is 90.0 Å². The van der Waals surface area contributed by atoms with E-state index >= 15 is 0 Å². The van der Waals surface area contributed by atoms with Crippen LogP contribution in [0.15, 0.2) is 29.7 Å². The van der Waals surface area contributed by atoms with Crippen LogP contribution in [0.3, 0.4) is 0 Å². The van der Waals surface area contributed by atoms with Crippen molar-refractivity contribution in [1.29, 1.82) is 0 Å². The molecule has 0 saturated carbocycles. The summed E-state index contributed by atoms with van der Waals surface area (Å²) >= 11 is 5.94. The lowest BCUT2D eigenvalue weighted by molar-refractivity contribution is -0.143. The number of benzene rings is 1. The van der Waals surface area contributed by atoms with Gasteiger partial charge in [-0.2, -0.15) is 4.72 Å². The van der Waals surface area contributed by atoms with Crippen molar-refractivity contribution in [3.63, 3.8) is 0 Å². The molecule has 2 amide bonds. The average molecular weight is 509 g/mol. The standard InChI is InChI=1S/C24H33ClN4O4S/c25-20-7-3-6-19(16-20)10-15-34(32,33)26-22-9-5-13-28(24(22)31)18-23(30)29-14-4-8-21(29)17-27-11-1-2-12-27/h3,6-7,10,15-16,21-22,26H,1-2,4-5,8-9,11-14,17-18H2/t21-,22-/m0/s1. The molecule has 3 fully saturated rings. The molecule has 0 unspecified atom stereocenters. The van der Waals surface area contributed by atoms with Crippen LogP contribution in [0.25, 0.3) is 6.08 Å². The fourth-order valence-electron chi connectivity index (χ4n) is 5.09. The zero-order valence-electron chi connectivity index (χ0n) is 19.4. The third-order valence-corrected chi connectivity index (χ3v) is 8.16. The monoisotopic (exact) mass is 508 g/mol. The maximum atomic E-state index is 13.1. The maximum Gasteiger partial charge on any atom is 0.242 e. The summed E-state index contributed by atoms with van der Waals surface area (Å²) in [5.41, 5.74) is 0.647. The van der Waals surface area contributed by atoms with Crippen LogP contribution in [0, 0.1) is 0 Å². The van der Waals surface area contributed by atoms with E-state index in [1.165, 1.54) is 23.8 Å². The highest BCUT2D eigenvalue weighted by Gasteiger charge is 2.36. The van der Waals surface area contributed by atoms with E-state index in [2.05, 4.69) is 9.62 Å². The van der Waals surface area contributed by atoms with Gasteiger partial charge in [0.15, 0.2) is 0 Å². The fraction of sp³-hybridized carbons (Fsp3) is 0.583. The zero-order valence-corrected chi connectivity index (χ0v) is 20.9. The van der Waals surface area contributed by atoms with Crippen molar-refractivity contribution in [2.45, 2.75) is 50.6 Å². The van der Waals surface area contributed by atoms with Crippen LogP contribution >= 0.6 is 11.6 Å². The van der Waals surface area contributed by atoms with Crippen molar-refractivity contribution in [2.75, 3.05) is 39.3 Å². The van der Waals surface area contributed by atoms with Crippen LogP contribution in [0.2, 0.25) is 5.02 Å². The van der Waals surface area contributed by atoms with Crippen LogP contribution in [0.5, 0.6) is 0 Å². The molecule has 0 radical (unpaired) electrons. The van der Waals surface area contributed by atoms with Gasteiger partial charge in [0.1, 0.15) is 6.04 Å². The third kappa shape index (κ3) is 6.59. The number of piperidine rings is 1. The molecule has 1 aromatic carbocycles. The van der Waals surface area contributed by atoms with Gasteiger partial charge in [0.25, 0.3) is 0 Å². The van der Waals surface area contributed by atoms with Crippen molar-refractivity contribution in [1.82, 2.24) is 19.4 Å². The highest BCUT2D eigenvalue weighted by Crippen LogP contribution is 2.22. The smallest absolute Gasteiger partial charge is 0.242 e. The number of likely N-dealkylation sites (tertiary alicyclic amines) is 3. The van der Waals surface area contributed by atoms with E-state index in [0.29, 0.717) is 30.0 Å². The van der Waals surface area contributed by atoms with E-state index in [-0.39, 0.29) is 24.4 Å². The largest absolute Gasteiger partial charge is 0.337 e. The van der Waals surface area contributed by atoms with E-state index in [9.17, 15) is 18.0 Å². The molecule has 186 valence electrons. The van der Waals surface area contributed by atoms with Crippen LogP contribution < -0.4 is 4.72 Å². The fourth-order valence-corrected chi connectivity index (χ4v) is 6.32. The van der Waals surface area contributed by atoms with Gasteiger partial charge in [0.05, 0.1) is 6.54 Å². The van der Waals surface area contributed by atoms with Crippen molar-refractivity contribution in [2.24, 2.45) is 0 Å². The van der Waals surface area contributed by atoms with Gasteiger partial charge >= 0.3 is 0 Å². The van der Waals surface area contributed by atoms with E-state index in [1.807, 2.05) is 4.90 Å². The first-order valence-electron chi connectivity index (χ1n) is 12.1. The van der Waals surface area contributed by atoms with Crippen LogP contribution in [0.1, 0.15) is 44.1 Å². The summed E-state index contributed by atoms with van der Waals surface area (Å²) < 4.78 is 27.6. The molecule has 8 nitrogen and oxygen atoms in total. The minimum Gasteiger partial charge on any atom is -0.337 e. The maximum absolute atomic E-state index is 13.1. The summed E-state index contributed by atoms with van der Waals surface area (Å²) in [5.74, 6) is -0.381. The molecule has 3 aliphatic rings. The Morgan fingerprint density at radius 1 is 1.09 bits per heavy atom. The Labute approximate surface area is 207 Å². The molecular weight excluding hydrogens is 476 g/mol. The number of halogens is 1. The number of sulfonamides is 1. The molecular formula is C24H33ClN4O4S. The van der Waals surface area contributed by atoms with Gasteiger partial charge in [0.2, 0.25) is 21.8 Å². The number of hydrogen-bond acceptors (Lipinski definition) is 5. The van der Waals surface area contributed by atoms with Crippen molar-refractivity contribution in [3.05, 3.63) is 40.3 Å². The molecule has 3 saturated heterocycles. The SMILES string of the molecule is O=C1[C@@H](NS(=O)(=O)C=Cc2cccc(Cl)c2)CCCN1CC(=O)N1CCC[C@H]1CN1CCCC1. The van der Waals surface area contributed by atoms with Gasteiger partial charge in [-0.3, -0.25) is 9.59 Å². The first kappa shape index (κ1) is 25.2. The molecule has 3 heterocycles. The normalized spacial score (nSPS) is 24.4. The second-order valence-electron chi connectivity index (χ2n) is 9.37. The number of rotatable bonds is 8. The Balaban J connectivity index is 1.33. The molecule has 1 aromatic rings. The van der Waals surface area contributed by atoms with Crippen LogP contribution in [-0.4, -0.2) is 86.3 Å². The molecule has 0 bridgehead atoms. The molecule has 2 atom stereocenters. The quantitative estimate of drug-likeness (QED) is 0.582. The Morgan fingerprint density at radius 3 is 2.62 bits per heavy atom. The van der Waals surface area contributed by atoms with E-state index < -0.39 is 16.1 Å². The Hall–Kier alpha value is -1.94. The van der Waals surface area contributed by atoms with Crippen molar-refractivity contribution >= 4 is 39.5 Å². The molecule has 34 heavy (non-hydrogen) atoms. The van der Waals surface area contributed by atoms with E-state index in [0.717, 1.165) is 44.4 Å². The van der Waals surface area contributed by atoms with Gasteiger partial charge in [-0.25, -0.2) is 8.42 Å². The van der Waals surface area contributed by atoms with Crippen LogP contribution in [0.4, 0.5) is 0 Å². The third-order valence-electron chi connectivity index (χ3n) is 6.82. The summed E-state index contributed by atoms with van der Waals surface area (Å²) in [6, 6.07) is 6.18. The lowest BCUT2D eigenvalue weighted by atomic mass is 10.1. The molecule has 0 spiro atoms. The van der Waals surface area contributed by atoms with Crippen LogP contribution in [-0.2, 0) is 19.6 Å². The zero-order chi connectivity index (χ0) is 24.1. The second kappa shape index (κ2) is 11.2. The van der Waals surface area contributed by atoms with E-state index in [4.69, 9.17) is 11.6 Å². The number of amides is 2. The lowest BCUT2D eigenvalue weighted by Gasteiger charge is -2.34. The van der Waals surface area contributed by atoms with Gasteiger partial charge in [0, 0.05) is 36.1 Å². The first-order valence-corrected chi connectivity index (χ1v) is 14.0. The van der Waals surface area contributed by atoms with Gasteiger partial charge in [-0.15, -0.1) is 0 Å². The molecule has 0 aromatic heterocycles. The molecule has 10 heteroatoms. The number of hydrogen-bond donors (Lipinski definition) is 1. The second-order valence-corrected chi connectivity index (χ2v) is 11.4. The van der Waals surface area contributed by atoms with Crippen molar-refractivity contribution < 1.29 is 18.0 Å². The molecule has 3 aliphatic heterocycles. The van der Waals surface area contributed by atoms with Gasteiger partial charge in [-0.1, -0.05) is 23.7 Å². The molecule has 0 aliphatic carbocycles. The lowest BCUT2D eigenvalue weighted by Crippen LogP contribution is -2.55. The molecule has 1 N–H and O–H groups in total.